The van der Waals surface area contributed by atoms with Gasteiger partial charge in [-0.1, -0.05) is 13.0 Å². The molecule has 5 heteroatoms. The Hall–Kier alpha value is -1.13. The van der Waals surface area contributed by atoms with Crippen LogP contribution in [0, 0.1) is 0 Å². The summed E-state index contributed by atoms with van der Waals surface area (Å²) in [4.78, 5) is 9.27. The monoisotopic (exact) mass is 253 g/mol. The van der Waals surface area contributed by atoms with E-state index in [0.29, 0.717) is 0 Å². The highest BCUT2D eigenvalue weighted by atomic mass is 35.5. The van der Waals surface area contributed by atoms with Gasteiger partial charge in [0.2, 0.25) is 5.28 Å². The fourth-order valence-electron chi connectivity index (χ4n) is 1.46. The van der Waals surface area contributed by atoms with Crippen LogP contribution in [0.4, 0.5) is 5.82 Å². The molecule has 0 aromatic carbocycles. The normalized spacial score (nSPS) is 12.4. The number of halogens is 1. The molecule has 0 saturated carbocycles. The second-order valence-corrected chi connectivity index (χ2v) is 4.65. The summed E-state index contributed by atoms with van der Waals surface area (Å²) in [6.07, 6.45) is 2.65. The lowest BCUT2D eigenvalue weighted by atomic mass is 10.2. The van der Waals surface area contributed by atoms with E-state index in [1.54, 1.807) is 17.5 Å². The van der Waals surface area contributed by atoms with Crippen LogP contribution in [0.15, 0.2) is 29.8 Å². The van der Waals surface area contributed by atoms with Gasteiger partial charge in [0.15, 0.2) is 0 Å². The molecule has 2 aromatic heterocycles. The van der Waals surface area contributed by atoms with E-state index in [1.807, 2.05) is 6.07 Å². The Morgan fingerprint density at radius 2 is 2.38 bits per heavy atom. The summed E-state index contributed by atoms with van der Waals surface area (Å²) in [5.74, 6) is 0.764. The average Bonchev–Trinajstić information content (AvgIpc) is 2.79. The molecule has 2 rings (SSSR count). The van der Waals surface area contributed by atoms with Gasteiger partial charge in [-0.25, -0.2) is 9.97 Å². The van der Waals surface area contributed by atoms with E-state index in [-0.39, 0.29) is 11.3 Å². The topological polar surface area (TPSA) is 37.8 Å². The Kier molecular flexibility index (Phi) is 3.74. The van der Waals surface area contributed by atoms with E-state index in [4.69, 9.17) is 11.6 Å². The van der Waals surface area contributed by atoms with E-state index in [2.05, 4.69) is 39.7 Å². The smallest absolute Gasteiger partial charge is 0.224 e. The van der Waals surface area contributed by atoms with Crippen LogP contribution in [0.2, 0.25) is 5.28 Å². The molecule has 3 nitrogen and oxygen atoms in total. The van der Waals surface area contributed by atoms with Crippen LogP contribution >= 0.6 is 22.9 Å². The van der Waals surface area contributed by atoms with Gasteiger partial charge in [-0.15, -0.1) is 11.3 Å². The molecule has 1 N–H and O–H groups in total. The minimum absolute atomic E-state index is 0.269. The van der Waals surface area contributed by atoms with Crippen molar-refractivity contribution in [1.82, 2.24) is 9.97 Å². The first-order chi connectivity index (χ1) is 7.79. The lowest BCUT2D eigenvalue weighted by molar-refractivity contribution is 0.758. The number of nitrogens with one attached hydrogen (secondary N) is 1. The molecule has 0 aliphatic heterocycles. The lowest BCUT2D eigenvalue weighted by Crippen LogP contribution is -2.09. The van der Waals surface area contributed by atoms with Crippen LogP contribution in [0.5, 0.6) is 0 Å². The van der Waals surface area contributed by atoms with Crippen molar-refractivity contribution in [2.75, 3.05) is 5.32 Å². The summed E-state index contributed by atoms with van der Waals surface area (Å²) in [5.41, 5.74) is 0. The second-order valence-electron chi connectivity index (χ2n) is 3.33. The summed E-state index contributed by atoms with van der Waals surface area (Å²) in [5, 5.41) is 5.69. The molecule has 1 unspecified atom stereocenters. The van der Waals surface area contributed by atoms with E-state index in [9.17, 15) is 0 Å². The fraction of sp³-hybridized carbons (Fsp3) is 0.273. The standard InChI is InChI=1S/C11H12ClN3S/c1-2-8(9-4-3-7-16-9)14-10-5-6-13-11(12)15-10/h3-8H,2H2,1H3,(H,13,14,15). The molecule has 0 radical (unpaired) electrons. The molecule has 16 heavy (non-hydrogen) atoms. The first kappa shape index (κ1) is 11.4. The number of rotatable bonds is 4. The maximum atomic E-state index is 5.74. The van der Waals surface area contributed by atoms with Gasteiger partial charge in [-0.05, 0) is 35.5 Å². The first-order valence-corrected chi connectivity index (χ1v) is 6.34. The minimum atomic E-state index is 0.269. The Balaban J connectivity index is 2.13. The first-order valence-electron chi connectivity index (χ1n) is 5.08. The largest absolute Gasteiger partial charge is 0.362 e. The number of nitrogens with zero attached hydrogens (tertiary/aromatic N) is 2. The highest BCUT2D eigenvalue weighted by Crippen LogP contribution is 2.25. The molecule has 0 saturated heterocycles. The van der Waals surface area contributed by atoms with Crippen LogP contribution in [-0.2, 0) is 0 Å². The van der Waals surface area contributed by atoms with Crippen LogP contribution in [0.3, 0.4) is 0 Å². The number of anilines is 1. The van der Waals surface area contributed by atoms with Gasteiger partial charge in [-0.3, -0.25) is 0 Å². The van der Waals surface area contributed by atoms with Gasteiger partial charge in [0.1, 0.15) is 5.82 Å². The maximum absolute atomic E-state index is 5.74. The van der Waals surface area contributed by atoms with Crippen molar-refractivity contribution in [1.29, 1.82) is 0 Å². The molecule has 84 valence electrons. The van der Waals surface area contributed by atoms with Crippen molar-refractivity contribution >= 4 is 28.8 Å². The van der Waals surface area contributed by atoms with Crippen LogP contribution in [0.25, 0.3) is 0 Å². The van der Waals surface area contributed by atoms with Crippen molar-refractivity contribution in [3.8, 4) is 0 Å². The summed E-state index contributed by atoms with van der Waals surface area (Å²) in [7, 11) is 0. The van der Waals surface area contributed by atoms with Crippen LogP contribution in [0.1, 0.15) is 24.3 Å². The molecule has 0 aliphatic rings. The van der Waals surface area contributed by atoms with Gasteiger partial charge in [0.05, 0.1) is 6.04 Å². The van der Waals surface area contributed by atoms with Crippen LogP contribution < -0.4 is 5.32 Å². The second kappa shape index (κ2) is 5.27. The van der Waals surface area contributed by atoms with Crippen molar-refractivity contribution in [3.63, 3.8) is 0 Å². The minimum Gasteiger partial charge on any atom is -0.362 e. The highest BCUT2D eigenvalue weighted by molar-refractivity contribution is 7.10. The summed E-state index contributed by atoms with van der Waals surface area (Å²) >= 11 is 7.48. The zero-order valence-electron chi connectivity index (χ0n) is 8.85. The van der Waals surface area contributed by atoms with Gasteiger partial charge >= 0.3 is 0 Å². The predicted molar refractivity (Wildman–Crippen MR) is 68.0 cm³/mol. The zero-order chi connectivity index (χ0) is 11.4. The van der Waals surface area contributed by atoms with Gasteiger partial charge in [0, 0.05) is 11.1 Å². The molecule has 0 fully saturated rings. The Bertz CT molecular complexity index is 444. The molecule has 1 atom stereocenters. The van der Waals surface area contributed by atoms with Gasteiger partial charge in [0.25, 0.3) is 0 Å². The Labute approximate surface area is 104 Å². The van der Waals surface area contributed by atoms with E-state index >= 15 is 0 Å². The third-order valence-electron chi connectivity index (χ3n) is 2.24. The summed E-state index contributed by atoms with van der Waals surface area (Å²) < 4.78 is 0. The Morgan fingerprint density at radius 3 is 3.00 bits per heavy atom. The third kappa shape index (κ3) is 2.71. The Morgan fingerprint density at radius 1 is 1.50 bits per heavy atom. The van der Waals surface area contributed by atoms with E-state index in [1.165, 1.54) is 4.88 Å². The molecule has 0 amide bonds. The number of aromatic nitrogens is 2. The molecule has 0 spiro atoms. The van der Waals surface area contributed by atoms with Gasteiger partial charge in [-0.2, -0.15) is 0 Å². The summed E-state index contributed by atoms with van der Waals surface area (Å²) in [6.45, 7) is 2.14. The number of hydrogen-bond acceptors (Lipinski definition) is 4. The number of hydrogen-bond donors (Lipinski definition) is 1. The van der Waals surface area contributed by atoms with E-state index < -0.39 is 0 Å². The lowest BCUT2D eigenvalue weighted by Gasteiger charge is -2.15. The number of thiophene rings is 1. The van der Waals surface area contributed by atoms with E-state index in [0.717, 1.165) is 12.2 Å². The highest BCUT2D eigenvalue weighted by Gasteiger charge is 2.10. The van der Waals surface area contributed by atoms with Crippen molar-refractivity contribution in [2.45, 2.75) is 19.4 Å². The molecule has 2 aromatic rings. The van der Waals surface area contributed by atoms with Crippen molar-refractivity contribution in [2.24, 2.45) is 0 Å². The summed E-state index contributed by atoms with van der Waals surface area (Å²) in [6, 6.07) is 6.28. The zero-order valence-corrected chi connectivity index (χ0v) is 10.4. The SMILES string of the molecule is CCC(Nc1ccnc(Cl)n1)c1cccs1. The van der Waals surface area contributed by atoms with Crippen molar-refractivity contribution in [3.05, 3.63) is 39.9 Å². The van der Waals surface area contributed by atoms with Gasteiger partial charge < -0.3 is 5.32 Å². The molecule has 0 aliphatic carbocycles. The average molecular weight is 254 g/mol. The molecular formula is C11H12ClN3S. The van der Waals surface area contributed by atoms with Crippen LogP contribution in [-0.4, -0.2) is 9.97 Å². The molecule has 2 heterocycles. The quantitative estimate of drug-likeness (QED) is 0.844. The molecular weight excluding hydrogens is 242 g/mol. The maximum Gasteiger partial charge on any atom is 0.224 e. The fourth-order valence-corrected chi connectivity index (χ4v) is 2.47. The molecule has 0 bridgehead atoms. The predicted octanol–water partition coefficient (Wildman–Crippen LogP) is 3.75. The van der Waals surface area contributed by atoms with Crippen molar-refractivity contribution < 1.29 is 0 Å². The third-order valence-corrected chi connectivity index (χ3v) is 3.41.